The largest absolute Gasteiger partial charge is 0.494 e. The highest BCUT2D eigenvalue weighted by Crippen LogP contribution is 2.34. The number of nitrogens with zero attached hydrogens (tertiary/aromatic N) is 2. The van der Waals surface area contributed by atoms with Crippen LogP contribution >= 0.6 is 0 Å². The van der Waals surface area contributed by atoms with E-state index in [9.17, 15) is 28.2 Å². The molecule has 0 radical (unpaired) electrons. The average molecular weight is 440 g/mol. The van der Waals surface area contributed by atoms with Crippen molar-refractivity contribution in [3.63, 3.8) is 0 Å². The first-order chi connectivity index (χ1) is 15.2. The number of hydrogen-bond donors (Lipinski definition) is 2. The molecule has 2 aromatic heterocycles. The molecule has 0 amide bonds. The zero-order chi connectivity index (χ0) is 23.0. The van der Waals surface area contributed by atoms with Crippen molar-refractivity contribution in [2.24, 2.45) is 0 Å². The minimum Gasteiger partial charge on any atom is -0.494 e. The fourth-order valence-corrected chi connectivity index (χ4v) is 3.67. The fourth-order valence-electron chi connectivity index (χ4n) is 3.67. The van der Waals surface area contributed by atoms with Crippen molar-refractivity contribution < 1.29 is 28.2 Å². The van der Waals surface area contributed by atoms with Gasteiger partial charge in [0.2, 0.25) is 0 Å². The molecular formula is C24H19F3N2O3. The molecule has 8 heteroatoms. The molecule has 0 aliphatic heterocycles. The second-order valence-corrected chi connectivity index (χ2v) is 7.36. The van der Waals surface area contributed by atoms with Crippen LogP contribution in [0.25, 0.3) is 5.69 Å². The number of aryl methyl sites for hydroxylation is 1. The second-order valence-electron chi connectivity index (χ2n) is 7.36. The minimum atomic E-state index is -4.61. The molecule has 32 heavy (non-hydrogen) atoms. The Morgan fingerprint density at radius 3 is 2.19 bits per heavy atom. The first kappa shape index (κ1) is 21.3. The van der Waals surface area contributed by atoms with Crippen LogP contribution in [0.4, 0.5) is 13.2 Å². The summed E-state index contributed by atoms with van der Waals surface area (Å²) in [4.78, 5) is 13.2. The number of halogens is 3. The van der Waals surface area contributed by atoms with Crippen LogP contribution in [0.15, 0.2) is 72.8 Å². The topological polar surface area (TPSA) is 67.4 Å². The Morgan fingerprint density at radius 1 is 0.906 bits per heavy atom. The minimum absolute atomic E-state index is 0.0402. The monoisotopic (exact) mass is 440 g/mol. The van der Waals surface area contributed by atoms with E-state index in [4.69, 9.17) is 0 Å². The standard InChI is InChI=1S/C24H19F3N2O3/c1-15-7-9-18(14-28-21(30)11-12-22(28)31)29(15)20-10-8-17(24(25,26)27)13-19(20)23(32)16-5-3-2-4-6-16/h2-13,30-31H,14H2,1H3. The molecule has 0 aliphatic carbocycles. The number of carbonyl (C=O) groups is 1. The van der Waals surface area contributed by atoms with E-state index in [-0.39, 0.29) is 35.1 Å². The van der Waals surface area contributed by atoms with Gasteiger partial charge in [0.15, 0.2) is 17.5 Å². The molecule has 0 unspecified atom stereocenters. The molecule has 2 aromatic carbocycles. The molecule has 0 saturated heterocycles. The zero-order valence-corrected chi connectivity index (χ0v) is 17.0. The van der Waals surface area contributed by atoms with Gasteiger partial charge in [-0.2, -0.15) is 13.2 Å². The summed E-state index contributed by atoms with van der Waals surface area (Å²) in [6.07, 6.45) is -4.61. The Hall–Kier alpha value is -3.94. The second kappa shape index (κ2) is 7.96. The Balaban J connectivity index is 1.89. The van der Waals surface area contributed by atoms with Crippen LogP contribution in [0.3, 0.4) is 0 Å². The van der Waals surface area contributed by atoms with E-state index in [0.717, 1.165) is 12.1 Å². The Labute approximate surface area is 181 Å². The maximum Gasteiger partial charge on any atom is 0.416 e. The van der Waals surface area contributed by atoms with Gasteiger partial charge in [-0.3, -0.25) is 9.36 Å². The van der Waals surface area contributed by atoms with Gasteiger partial charge in [0.25, 0.3) is 0 Å². The molecule has 5 nitrogen and oxygen atoms in total. The quantitative estimate of drug-likeness (QED) is 0.414. The number of aromatic nitrogens is 2. The third-order valence-electron chi connectivity index (χ3n) is 5.26. The number of alkyl halides is 3. The van der Waals surface area contributed by atoms with Crippen molar-refractivity contribution in [2.75, 3.05) is 0 Å². The molecule has 0 bridgehead atoms. The summed E-state index contributed by atoms with van der Waals surface area (Å²) >= 11 is 0. The van der Waals surface area contributed by atoms with E-state index in [2.05, 4.69) is 0 Å². The Kier molecular flexibility index (Phi) is 5.30. The SMILES string of the molecule is Cc1ccc(Cn2c(O)ccc2O)n1-c1ccc(C(F)(F)F)cc1C(=O)c1ccccc1. The average Bonchev–Trinajstić information content (AvgIpc) is 3.29. The molecule has 0 aliphatic rings. The van der Waals surface area contributed by atoms with Crippen LogP contribution < -0.4 is 0 Å². The van der Waals surface area contributed by atoms with Crippen LogP contribution in [0.1, 0.15) is 32.9 Å². The van der Waals surface area contributed by atoms with Gasteiger partial charge in [0.1, 0.15) is 0 Å². The lowest BCUT2D eigenvalue weighted by Crippen LogP contribution is -2.14. The lowest BCUT2D eigenvalue weighted by atomic mass is 9.98. The van der Waals surface area contributed by atoms with E-state index >= 15 is 0 Å². The normalized spacial score (nSPS) is 11.6. The number of hydrogen-bond acceptors (Lipinski definition) is 3. The molecular weight excluding hydrogens is 421 g/mol. The molecule has 0 atom stereocenters. The van der Waals surface area contributed by atoms with Gasteiger partial charge in [0, 0.05) is 34.6 Å². The van der Waals surface area contributed by atoms with Gasteiger partial charge in [-0.25, -0.2) is 0 Å². The molecule has 4 rings (SSSR count). The number of rotatable bonds is 5. The van der Waals surface area contributed by atoms with Crippen molar-refractivity contribution in [3.05, 3.63) is 101 Å². The summed E-state index contributed by atoms with van der Waals surface area (Å²) in [5.41, 5.74) is 0.745. The van der Waals surface area contributed by atoms with Crippen molar-refractivity contribution in [1.29, 1.82) is 0 Å². The van der Waals surface area contributed by atoms with E-state index in [1.807, 2.05) is 0 Å². The third-order valence-corrected chi connectivity index (χ3v) is 5.26. The summed E-state index contributed by atoms with van der Waals surface area (Å²) in [6.45, 7) is 1.80. The lowest BCUT2D eigenvalue weighted by Gasteiger charge is -2.18. The number of benzene rings is 2. The molecule has 164 valence electrons. The molecule has 4 aromatic rings. The van der Waals surface area contributed by atoms with Crippen molar-refractivity contribution in [2.45, 2.75) is 19.6 Å². The van der Waals surface area contributed by atoms with Crippen LogP contribution in [-0.2, 0) is 12.7 Å². The van der Waals surface area contributed by atoms with Crippen LogP contribution in [0, 0.1) is 6.92 Å². The van der Waals surface area contributed by atoms with E-state index in [1.165, 1.54) is 22.8 Å². The highest BCUT2D eigenvalue weighted by Gasteiger charge is 2.32. The number of ketones is 1. The first-order valence-electron chi connectivity index (χ1n) is 9.73. The Bertz CT molecular complexity index is 1270. The van der Waals surface area contributed by atoms with Gasteiger partial charge < -0.3 is 14.8 Å². The fraction of sp³-hybridized carbons (Fsp3) is 0.125. The molecule has 0 fully saturated rings. The maximum atomic E-state index is 13.4. The molecule has 2 heterocycles. The molecule has 0 saturated carbocycles. The predicted octanol–water partition coefficient (Wildman–Crippen LogP) is 5.30. The predicted molar refractivity (Wildman–Crippen MR) is 112 cm³/mol. The molecule has 0 spiro atoms. The van der Waals surface area contributed by atoms with Gasteiger partial charge in [0.05, 0.1) is 17.8 Å². The lowest BCUT2D eigenvalue weighted by molar-refractivity contribution is -0.137. The van der Waals surface area contributed by atoms with Crippen molar-refractivity contribution in [3.8, 4) is 17.4 Å². The highest BCUT2D eigenvalue weighted by molar-refractivity contribution is 6.11. The van der Waals surface area contributed by atoms with Crippen LogP contribution in [0.5, 0.6) is 11.8 Å². The summed E-state index contributed by atoms with van der Waals surface area (Å²) in [7, 11) is 0. The summed E-state index contributed by atoms with van der Waals surface area (Å²) < 4.78 is 43.2. The van der Waals surface area contributed by atoms with Gasteiger partial charge in [-0.1, -0.05) is 30.3 Å². The summed E-state index contributed by atoms with van der Waals surface area (Å²) in [5, 5.41) is 20.0. The van der Waals surface area contributed by atoms with E-state index in [0.29, 0.717) is 11.4 Å². The summed E-state index contributed by atoms with van der Waals surface area (Å²) in [6, 6.07) is 17.3. The smallest absolute Gasteiger partial charge is 0.416 e. The maximum absolute atomic E-state index is 13.4. The number of carbonyl (C=O) groups excluding carboxylic acids is 1. The van der Waals surface area contributed by atoms with E-state index in [1.54, 1.807) is 54.0 Å². The van der Waals surface area contributed by atoms with E-state index < -0.39 is 17.5 Å². The zero-order valence-electron chi connectivity index (χ0n) is 17.0. The van der Waals surface area contributed by atoms with Crippen LogP contribution in [0.2, 0.25) is 0 Å². The molecule has 2 N–H and O–H groups in total. The Morgan fingerprint density at radius 2 is 1.56 bits per heavy atom. The summed E-state index contributed by atoms with van der Waals surface area (Å²) in [5.74, 6) is -0.876. The van der Waals surface area contributed by atoms with Gasteiger partial charge in [-0.15, -0.1) is 0 Å². The number of aromatic hydroxyl groups is 2. The van der Waals surface area contributed by atoms with Gasteiger partial charge >= 0.3 is 6.18 Å². The third kappa shape index (κ3) is 3.87. The highest BCUT2D eigenvalue weighted by atomic mass is 19.4. The van der Waals surface area contributed by atoms with Gasteiger partial charge in [-0.05, 0) is 37.3 Å². The van der Waals surface area contributed by atoms with Crippen LogP contribution in [-0.4, -0.2) is 25.1 Å². The van der Waals surface area contributed by atoms with Crippen molar-refractivity contribution in [1.82, 2.24) is 9.13 Å². The van der Waals surface area contributed by atoms with Crippen molar-refractivity contribution >= 4 is 5.78 Å². The first-order valence-corrected chi connectivity index (χ1v) is 9.73.